The van der Waals surface area contributed by atoms with Gasteiger partial charge in [-0.3, -0.25) is 4.79 Å². The SMILES string of the molecule is C=CCNC(=O)CC(NS(=O)(=O)c1ccccc1)c1ccc(Cl)cc1. The maximum absolute atomic E-state index is 12.6. The van der Waals surface area contributed by atoms with Crippen LogP contribution >= 0.6 is 11.6 Å². The first kappa shape index (κ1) is 19.2. The Morgan fingerprint density at radius 1 is 1.12 bits per heavy atom. The van der Waals surface area contributed by atoms with Gasteiger partial charge >= 0.3 is 0 Å². The summed E-state index contributed by atoms with van der Waals surface area (Å²) < 4.78 is 27.8. The van der Waals surface area contributed by atoms with E-state index in [1.165, 1.54) is 12.1 Å². The number of halogens is 1. The topological polar surface area (TPSA) is 75.3 Å². The van der Waals surface area contributed by atoms with Crippen LogP contribution in [-0.4, -0.2) is 20.9 Å². The molecule has 5 nitrogen and oxygen atoms in total. The standard InChI is InChI=1S/C18H19ClN2O3S/c1-2-12-20-18(22)13-17(14-8-10-15(19)11-9-14)21-25(23,24)16-6-4-3-5-7-16/h2-11,17,21H,1,12-13H2,(H,20,22). The van der Waals surface area contributed by atoms with Gasteiger partial charge in [0.1, 0.15) is 0 Å². The minimum absolute atomic E-state index is 0.0401. The maximum Gasteiger partial charge on any atom is 0.241 e. The van der Waals surface area contributed by atoms with Gasteiger partial charge in [-0.2, -0.15) is 0 Å². The van der Waals surface area contributed by atoms with E-state index in [0.29, 0.717) is 17.1 Å². The van der Waals surface area contributed by atoms with Gasteiger partial charge in [-0.05, 0) is 29.8 Å². The van der Waals surface area contributed by atoms with Crippen molar-refractivity contribution in [2.45, 2.75) is 17.4 Å². The summed E-state index contributed by atoms with van der Waals surface area (Å²) in [5.74, 6) is -0.282. The highest BCUT2D eigenvalue weighted by atomic mass is 35.5. The molecule has 1 atom stereocenters. The Labute approximate surface area is 152 Å². The van der Waals surface area contributed by atoms with Crippen molar-refractivity contribution < 1.29 is 13.2 Å². The molecule has 0 saturated heterocycles. The van der Waals surface area contributed by atoms with Crippen molar-refractivity contribution >= 4 is 27.5 Å². The van der Waals surface area contributed by atoms with Crippen LogP contribution in [0.25, 0.3) is 0 Å². The van der Waals surface area contributed by atoms with Crippen molar-refractivity contribution in [1.82, 2.24) is 10.0 Å². The van der Waals surface area contributed by atoms with Crippen LogP contribution in [0.15, 0.2) is 72.1 Å². The molecule has 0 saturated carbocycles. The second kappa shape index (κ2) is 8.80. The van der Waals surface area contributed by atoms with Crippen molar-refractivity contribution in [3.63, 3.8) is 0 Å². The molecule has 2 aromatic rings. The Hall–Kier alpha value is -2.15. The van der Waals surface area contributed by atoms with E-state index in [-0.39, 0.29) is 17.2 Å². The lowest BCUT2D eigenvalue weighted by molar-refractivity contribution is -0.121. The quantitative estimate of drug-likeness (QED) is 0.693. The Balaban J connectivity index is 2.26. The van der Waals surface area contributed by atoms with Gasteiger partial charge in [-0.1, -0.05) is 48.0 Å². The van der Waals surface area contributed by atoms with Gasteiger partial charge in [0.25, 0.3) is 0 Å². The third-order valence-electron chi connectivity index (χ3n) is 3.46. The molecule has 0 aliphatic carbocycles. The monoisotopic (exact) mass is 378 g/mol. The lowest BCUT2D eigenvalue weighted by Crippen LogP contribution is -2.33. The zero-order valence-corrected chi connectivity index (χ0v) is 15.1. The molecule has 0 aromatic heterocycles. The number of rotatable bonds is 8. The van der Waals surface area contributed by atoms with Crippen LogP contribution in [0.1, 0.15) is 18.0 Å². The number of sulfonamides is 1. The lowest BCUT2D eigenvalue weighted by atomic mass is 10.0. The van der Waals surface area contributed by atoms with E-state index >= 15 is 0 Å². The summed E-state index contributed by atoms with van der Waals surface area (Å²) >= 11 is 5.89. The van der Waals surface area contributed by atoms with Gasteiger partial charge in [0.2, 0.25) is 15.9 Å². The summed E-state index contributed by atoms with van der Waals surface area (Å²) in [4.78, 5) is 12.2. The van der Waals surface area contributed by atoms with E-state index in [1.54, 1.807) is 48.5 Å². The molecule has 0 aliphatic heterocycles. The molecule has 25 heavy (non-hydrogen) atoms. The third-order valence-corrected chi connectivity index (χ3v) is 5.20. The predicted molar refractivity (Wildman–Crippen MR) is 98.8 cm³/mol. The van der Waals surface area contributed by atoms with Gasteiger partial charge in [-0.25, -0.2) is 13.1 Å². The largest absolute Gasteiger partial charge is 0.353 e. The van der Waals surface area contributed by atoms with Gasteiger partial charge in [0, 0.05) is 18.0 Å². The number of hydrogen-bond acceptors (Lipinski definition) is 3. The highest BCUT2D eigenvalue weighted by molar-refractivity contribution is 7.89. The van der Waals surface area contributed by atoms with Gasteiger partial charge in [-0.15, -0.1) is 6.58 Å². The number of hydrogen-bond donors (Lipinski definition) is 2. The third kappa shape index (κ3) is 5.70. The maximum atomic E-state index is 12.6. The Morgan fingerprint density at radius 3 is 2.36 bits per heavy atom. The summed E-state index contributed by atoms with van der Waals surface area (Å²) in [7, 11) is -3.77. The molecule has 0 aliphatic rings. The smallest absolute Gasteiger partial charge is 0.241 e. The zero-order valence-electron chi connectivity index (χ0n) is 13.5. The highest BCUT2D eigenvalue weighted by Gasteiger charge is 2.23. The fraction of sp³-hybridized carbons (Fsp3) is 0.167. The number of benzene rings is 2. The van der Waals surface area contributed by atoms with Gasteiger partial charge < -0.3 is 5.32 Å². The summed E-state index contributed by atoms with van der Waals surface area (Å²) in [5.41, 5.74) is 0.651. The Bertz CT molecular complexity index is 821. The van der Waals surface area contributed by atoms with E-state index in [9.17, 15) is 13.2 Å². The fourth-order valence-electron chi connectivity index (χ4n) is 2.22. The minimum Gasteiger partial charge on any atom is -0.353 e. The first-order chi connectivity index (χ1) is 11.9. The summed E-state index contributed by atoms with van der Waals surface area (Å²) in [6.07, 6.45) is 1.52. The van der Waals surface area contributed by atoms with Crippen molar-refractivity contribution in [3.8, 4) is 0 Å². The molecular formula is C18H19ClN2O3S. The molecule has 132 valence electrons. The zero-order chi connectivity index (χ0) is 18.3. The molecular weight excluding hydrogens is 360 g/mol. The molecule has 1 unspecified atom stereocenters. The molecule has 2 rings (SSSR count). The molecule has 2 N–H and O–H groups in total. The second-order valence-electron chi connectivity index (χ2n) is 5.34. The van der Waals surface area contributed by atoms with Crippen molar-refractivity contribution in [2.75, 3.05) is 6.54 Å². The number of nitrogens with one attached hydrogen (secondary N) is 2. The highest BCUT2D eigenvalue weighted by Crippen LogP contribution is 2.22. The van der Waals surface area contributed by atoms with Crippen molar-refractivity contribution in [1.29, 1.82) is 0 Å². The van der Waals surface area contributed by atoms with E-state index in [2.05, 4.69) is 16.6 Å². The first-order valence-electron chi connectivity index (χ1n) is 7.63. The van der Waals surface area contributed by atoms with Gasteiger partial charge in [0.15, 0.2) is 0 Å². The van der Waals surface area contributed by atoms with E-state index in [0.717, 1.165) is 0 Å². The summed E-state index contributed by atoms with van der Waals surface area (Å²) in [5, 5.41) is 3.18. The van der Waals surface area contributed by atoms with Crippen LogP contribution in [0.3, 0.4) is 0 Å². The van der Waals surface area contributed by atoms with Crippen LogP contribution in [0, 0.1) is 0 Å². The van der Waals surface area contributed by atoms with Crippen molar-refractivity contribution in [2.24, 2.45) is 0 Å². The van der Waals surface area contributed by atoms with E-state index < -0.39 is 16.1 Å². The Kier molecular flexibility index (Phi) is 6.75. The average Bonchev–Trinajstić information content (AvgIpc) is 2.60. The summed E-state index contributed by atoms with van der Waals surface area (Å²) in [6.45, 7) is 3.85. The fourth-order valence-corrected chi connectivity index (χ4v) is 3.59. The number of amides is 1. The van der Waals surface area contributed by atoms with Crippen LogP contribution in [0.2, 0.25) is 5.02 Å². The Morgan fingerprint density at radius 2 is 1.76 bits per heavy atom. The van der Waals surface area contributed by atoms with Crippen LogP contribution in [-0.2, 0) is 14.8 Å². The molecule has 7 heteroatoms. The van der Waals surface area contributed by atoms with Gasteiger partial charge in [0.05, 0.1) is 10.9 Å². The number of carbonyl (C=O) groups is 1. The second-order valence-corrected chi connectivity index (χ2v) is 7.49. The molecule has 0 bridgehead atoms. The van der Waals surface area contributed by atoms with E-state index in [1.807, 2.05) is 0 Å². The number of carbonyl (C=O) groups excluding carboxylic acids is 1. The molecule has 0 radical (unpaired) electrons. The minimum atomic E-state index is -3.77. The lowest BCUT2D eigenvalue weighted by Gasteiger charge is -2.19. The van der Waals surface area contributed by atoms with E-state index in [4.69, 9.17) is 11.6 Å². The molecule has 1 amide bonds. The molecule has 0 spiro atoms. The average molecular weight is 379 g/mol. The van der Waals surface area contributed by atoms with Crippen molar-refractivity contribution in [3.05, 3.63) is 77.8 Å². The first-order valence-corrected chi connectivity index (χ1v) is 9.49. The molecule has 0 heterocycles. The molecule has 2 aromatic carbocycles. The predicted octanol–water partition coefficient (Wildman–Crippen LogP) is 3.05. The van der Waals surface area contributed by atoms with Crippen LogP contribution < -0.4 is 10.0 Å². The normalized spacial score (nSPS) is 12.4. The van der Waals surface area contributed by atoms with Crippen LogP contribution in [0.5, 0.6) is 0 Å². The summed E-state index contributed by atoms with van der Waals surface area (Å²) in [6, 6.07) is 14.0. The van der Waals surface area contributed by atoms with Crippen LogP contribution in [0.4, 0.5) is 0 Å². The molecule has 0 fully saturated rings.